The summed E-state index contributed by atoms with van der Waals surface area (Å²) in [4.78, 5) is 33.9. The molecule has 0 atom stereocenters. The minimum atomic E-state index is -6.45. The standard InChI is InChI=1S/C17H12F10O6/c1-2-31-11(28)6-4-8-3-5-9(32-12(29)14(18,19)16(22,23)24)10(7-8)33-13(30)15(20,21)17(25,26)27/h3,5,7H,2,4,6H2,1H3. The number of ether oxygens (including phenoxy) is 3. The molecule has 0 saturated carbocycles. The van der Waals surface area contributed by atoms with Gasteiger partial charge in [-0.2, -0.15) is 43.9 Å². The molecule has 0 unspecified atom stereocenters. The number of hydrogen-bond acceptors (Lipinski definition) is 6. The first-order valence-corrected chi connectivity index (χ1v) is 8.46. The van der Waals surface area contributed by atoms with E-state index >= 15 is 0 Å². The monoisotopic (exact) mass is 502 g/mol. The van der Waals surface area contributed by atoms with Crippen molar-refractivity contribution < 1.29 is 72.5 Å². The average Bonchev–Trinajstić information content (AvgIpc) is 2.66. The van der Waals surface area contributed by atoms with E-state index in [1.165, 1.54) is 6.92 Å². The zero-order chi connectivity index (χ0) is 25.8. The van der Waals surface area contributed by atoms with Gasteiger partial charge in [-0.1, -0.05) is 6.07 Å². The Balaban J connectivity index is 3.31. The minimum Gasteiger partial charge on any atom is -0.466 e. The van der Waals surface area contributed by atoms with Crippen molar-refractivity contribution in [3.8, 4) is 11.5 Å². The summed E-state index contributed by atoms with van der Waals surface area (Å²) in [6.07, 6.45) is -13.6. The first-order valence-electron chi connectivity index (χ1n) is 8.46. The van der Waals surface area contributed by atoms with Crippen LogP contribution in [0.1, 0.15) is 18.9 Å². The van der Waals surface area contributed by atoms with Gasteiger partial charge in [-0.05, 0) is 31.0 Å². The topological polar surface area (TPSA) is 78.9 Å². The highest BCUT2D eigenvalue weighted by Crippen LogP contribution is 2.40. The van der Waals surface area contributed by atoms with Gasteiger partial charge in [0, 0.05) is 6.42 Å². The van der Waals surface area contributed by atoms with Crippen LogP contribution in [0.25, 0.3) is 0 Å². The maximum Gasteiger partial charge on any atom is 0.465 e. The summed E-state index contributed by atoms with van der Waals surface area (Å²) in [7, 11) is 0. The summed E-state index contributed by atoms with van der Waals surface area (Å²) in [5, 5.41) is 0. The predicted molar refractivity (Wildman–Crippen MR) is 84.7 cm³/mol. The molecule has 16 heteroatoms. The Morgan fingerprint density at radius 2 is 1.21 bits per heavy atom. The van der Waals surface area contributed by atoms with Crippen molar-refractivity contribution in [1.29, 1.82) is 0 Å². The number of hydrogen-bond donors (Lipinski definition) is 0. The van der Waals surface area contributed by atoms with Crippen molar-refractivity contribution in [2.75, 3.05) is 6.61 Å². The fourth-order valence-electron chi connectivity index (χ4n) is 1.91. The zero-order valence-electron chi connectivity index (χ0n) is 16.1. The van der Waals surface area contributed by atoms with Gasteiger partial charge in [0.2, 0.25) is 0 Å². The second-order valence-electron chi connectivity index (χ2n) is 6.01. The molecule has 6 nitrogen and oxygen atoms in total. The number of esters is 3. The van der Waals surface area contributed by atoms with Crippen LogP contribution in [0.2, 0.25) is 0 Å². The van der Waals surface area contributed by atoms with Crippen LogP contribution in [0.3, 0.4) is 0 Å². The molecule has 1 aromatic rings. The summed E-state index contributed by atoms with van der Waals surface area (Å²) >= 11 is 0. The number of aryl methyl sites for hydroxylation is 1. The first kappa shape index (κ1) is 28.0. The molecule has 33 heavy (non-hydrogen) atoms. The third-order valence-electron chi connectivity index (χ3n) is 3.56. The molecule has 0 saturated heterocycles. The second-order valence-corrected chi connectivity index (χ2v) is 6.01. The molecule has 186 valence electrons. The third kappa shape index (κ3) is 6.71. The van der Waals surface area contributed by atoms with Gasteiger partial charge >= 0.3 is 42.1 Å². The molecule has 0 aliphatic rings. The zero-order valence-corrected chi connectivity index (χ0v) is 16.1. The van der Waals surface area contributed by atoms with Gasteiger partial charge in [-0.15, -0.1) is 0 Å². The van der Waals surface area contributed by atoms with Gasteiger partial charge in [-0.3, -0.25) is 4.79 Å². The molecule has 1 rings (SSSR count). The summed E-state index contributed by atoms with van der Waals surface area (Å²) in [5.41, 5.74) is -0.163. The Morgan fingerprint density at radius 1 is 0.758 bits per heavy atom. The maximum atomic E-state index is 13.2. The van der Waals surface area contributed by atoms with Crippen LogP contribution in [0.4, 0.5) is 43.9 Å². The summed E-state index contributed by atoms with van der Waals surface area (Å²) in [5.74, 6) is -22.6. The van der Waals surface area contributed by atoms with Crippen LogP contribution in [0, 0.1) is 0 Å². The number of rotatable bonds is 8. The van der Waals surface area contributed by atoms with Crippen molar-refractivity contribution in [2.45, 2.75) is 44.0 Å². The Kier molecular flexibility index (Phi) is 8.32. The first-order chi connectivity index (χ1) is 14.8. The number of alkyl halides is 10. The van der Waals surface area contributed by atoms with E-state index in [0.29, 0.717) is 12.1 Å². The minimum absolute atomic E-state index is 0.0312. The molecular weight excluding hydrogens is 490 g/mol. The smallest absolute Gasteiger partial charge is 0.465 e. The SMILES string of the molecule is CCOC(=O)CCc1ccc(OC(=O)C(F)(F)C(F)(F)F)c(OC(=O)C(F)(F)C(F)(F)F)c1. The van der Waals surface area contributed by atoms with E-state index in [-0.39, 0.29) is 18.6 Å². The summed E-state index contributed by atoms with van der Waals surface area (Å²) in [6, 6.07) is 1.64. The van der Waals surface area contributed by atoms with E-state index < -0.39 is 60.0 Å². The average molecular weight is 502 g/mol. The van der Waals surface area contributed by atoms with Crippen molar-refractivity contribution in [3.05, 3.63) is 23.8 Å². The third-order valence-corrected chi connectivity index (χ3v) is 3.56. The molecular formula is C17H12F10O6. The van der Waals surface area contributed by atoms with Crippen LogP contribution in [0.5, 0.6) is 11.5 Å². The maximum absolute atomic E-state index is 13.2. The van der Waals surface area contributed by atoms with E-state index in [1.807, 2.05) is 0 Å². The number of halogens is 10. The van der Waals surface area contributed by atoms with Gasteiger partial charge in [0.1, 0.15) is 0 Å². The molecule has 0 bridgehead atoms. The molecule has 0 heterocycles. The molecule has 0 radical (unpaired) electrons. The molecule has 0 amide bonds. The molecule has 1 aromatic carbocycles. The number of benzene rings is 1. The van der Waals surface area contributed by atoms with Crippen molar-refractivity contribution >= 4 is 17.9 Å². The van der Waals surface area contributed by atoms with Gasteiger partial charge in [0.15, 0.2) is 11.5 Å². The van der Waals surface area contributed by atoms with Crippen LogP contribution >= 0.6 is 0 Å². The second kappa shape index (κ2) is 9.82. The quantitative estimate of drug-likeness (QED) is 0.298. The van der Waals surface area contributed by atoms with Crippen LogP contribution in [-0.4, -0.2) is 48.7 Å². The fourth-order valence-corrected chi connectivity index (χ4v) is 1.91. The van der Waals surface area contributed by atoms with E-state index in [4.69, 9.17) is 0 Å². The van der Waals surface area contributed by atoms with Gasteiger partial charge < -0.3 is 14.2 Å². The van der Waals surface area contributed by atoms with Crippen molar-refractivity contribution in [1.82, 2.24) is 0 Å². The molecule has 0 aliphatic heterocycles. The predicted octanol–water partition coefficient (Wildman–Crippen LogP) is 4.39. The Labute approximate surface area is 177 Å². The largest absolute Gasteiger partial charge is 0.466 e. The van der Waals surface area contributed by atoms with E-state index in [0.717, 1.165) is 6.07 Å². The summed E-state index contributed by atoms with van der Waals surface area (Å²) < 4.78 is 138. The van der Waals surface area contributed by atoms with Crippen LogP contribution < -0.4 is 9.47 Å². The Hall–Kier alpha value is -3.07. The van der Waals surface area contributed by atoms with Gasteiger partial charge in [0.25, 0.3) is 0 Å². The number of carbonyl (C=O) groups is 3. The molecule has 0 spiro atoms. The van der Waals surface area contributed by atoms with Gasteiger partial charge in [0.05, 0.1) is 6.61 Å². The Bertz CT molecular complexity index is 891. The molecule has 0 aromatic heterocycles. The lowest BCUT2D eigenvalue weighted by molar-refractivity contribution is -0.277. The van der Waals surface area contributed by atoms with Crippen LogP contribution in [-0.2, 0) is 25.5 Å². The van der Waals surface area contributed by atoms with Crippen molar-refractivity contribution in [3.63, 3.8) is 0 Å². The van der Waals surface area contributed by atoms with E-state index in [1.54, 1.807) is 0 Å². The van der Waals surface area contributed by atoms with E-state index in [9.17, 15) is 58.3 Å². The molecule has 0 N–H and O–H groups in total. The van der Waals surface area contributed by atoms with Crippen molar-refractivity contribution in [2.24, 2.45) is 0 Å². The van der Waals surface area contributed by atoms with E-state index in [2.05, 4.69) is 14.2 Å². The fraction of sp³-hybridized carbons (Fsp3) is 0.471. The van der Waals surface area contributed by atoms with Gasteiger partial charge in [-0.25, -0.2) is 9.59 Å². The molecule has 0 fully saturated rings. The summed E-state index contributed by atoms with van der Waals surface area (Å²) in [6.45, 7) is 1.42. The van der Waals surface area contributed by atoms with Crippen LogP contribution in [0.15, 0.2) is 18.2 Å². The highest BCUT2D eigenvalue weighted by atomic mass is 19.4. The normalized spacial score (nSPS) is 12.8. The number of carbonyl (C=O) groups excluding carboxylic acids is 3. The highest BCUT2D eigenvalue weighted by Gasteiger charge is 2.66. The lowest BCUT2D eigenvalue weighted by Gasteiger charge is -2.20. The lowest BCUT2D eigenvalue weighted by Crippen LogP contribution is -2.47. The molecule has 0 aliphatic carbocycles. The Morgan fingerprint density at radius 3 is 1.64 bits per heavy atom. The lowest BCUT2D eigenvalue weighted by atomic mass is 10.1. The highest BCUT2D eigenvalue weighted by molar-refractivity contribution is 5.84.